The lowest BCUT2D eigenvalue weighted by molar-refractivity contribution is 0.0368. The fraction of sp³-hybridized carbons (Fsp3) is 0.583. The molecule has 0 aromatic carbocycles. The summed E-state index contributed by atoms with van der Waals surface area (Å²) in [5.41, 5.74) is 6.19. The Morgan fingerprint density at radius 2 is 2.28 bits per heavy atom. The fourth-order valence-corrected chi connectivity index (χ4v) is 2.24. The van der Waals surface area contributed by atoms with Gasteiger partial charge < -0.3 is 15.8 Å². The number of ether oxygens (including phenoxy) is 1. The smallest absolute Gasteiger partial charge is 0.145 e. The Balaban J connectivity index is 1.87. The minimum absolute atomic E-state index is 0.275. The van der Waals surface area contributed by atoms with Gasteiger partial charge in [0.15, 0.2) is 0 Å². The van der Waals surface area contributed by atoms with E-state index in [1.165, 1.54) is 0 Å². The summed E-state index contributed by atoms with van der Waals surface area (Å²) in [5.74, 6) is 0.687. The number of aromatic nitrogens is 1. The summed E-state index contributed by atoms with van der Waals surface area (Å²) in [6, 6.07) is 1.98. The van der Waals surface area contributed by atoms with E-state index in [9.17, 15) is 0 Å². The molecule has 1 atom stereocenters. The van der Waals surface area contributed by atoms with Crippen LogP contribution in [0.15, 0.2) is 12.3 Å². The number of morpholine rings is 1. The maximum atomic E-state index is 6.08. The summed E-state index contributed by atoms with van der Waals surface area (Å²) in [4.78, 5) is 6.57. The van der Waals surface area contributed by atoms with Crippen LogP contribution < -0.4 is 11.1 Å². The van der Waals surface area contributed by atoms with Crippen molar-refractivity contribution in [3.63, 3.8) is 0 Å². The first-order chi connectivity index (χ1) is 8.65. The Kier molecular flexibility index (Phi) is 4.63. The second-order valence-corrected chi connectivity index (χ2v) is 4.96. The Hall–Kier alpha value is -1.04. The minimum atomic E-state index is 0.275. The third-order valence-corrected chi connectivity index (χ3v) is 3.17. The first kappa shape index (κ1) is 13.4. The molecule has 2 rings (SSSR count). The van der Waals surface area contributed by atoms with Crippen LogP contribution >= 0.6 is 11.6 Å². The maximum Gasteiger partial charge on any atom is 0.145 e. The molecular weight excluding hydrogens is 252 g/mol. The van der Waals surface area contributed by atoms with Crippen LogP contribution in [0, 0.1) is 0 Å². The zero-order chi connectivity index (χ0) is 13.0. The number of nitrogen functional groups attached to an aromatic ring is 1. The van der Waals surface area contributed by atoms with E-state index in [1.54, 1.807) is 12.3 Å². The van der Waals surface area contributed by atoms with Gasteiger partial charge >= 0.3 is 0 Å². The largest absolute Gasteiger partial charge is 0.397 e. The zero-order valence-corrected chi connectivity index (χ0v) is 11.3. The van der Waals surface area contributed by atoms with E-state index < -0.39 is 0 Å². The molecule has 1 aromatic rings. The molecule has 18 heavy (non-hydrogen) atoms. The van der Waals surface area contributed by atoms with Crippen molar-refractivity contribution in [3.05, 3.63) is 17.3 Å². The number of halogens is 1. The molecule has 0 bridgehead atoms. The molecule has 0 saturated carbocycles. The van der Waals surface area contributed by atoms with Gasteiger partial charge in [0.05, 0.1) is 30.1 Å². The highest BCUT2D eigenvalue weighted by atomic mass is 35.5. The van der Waals surface area contributed by atoms with Crippen LogP contribution in [0.1, 0.15) is 6.92 Å². The lowest BCUT2D eigenvalue weighted by atomic mass is 10.2. The molecule has 2 heterocycles. The highest BCUT2D eigenvalue weighted by Gasteiger charge is 2.14. The Morgan fingerprint density at radius 1 is 1.56 bits per heavy atom. The second-order valence-electron chi connectivity index (χ2n) is 4.56. The Bertz CT molecular complexity index is 396. The highest BCUT2D eigenvalue weighted by Crippen LogP contribution is 2.21. The van der Waals surface area contributed by atoms with Gasteiger partial charge in [0.2, 0.25) is 0 Å². The van der Waals surface area contributed by atoms with E-state index in [0.29, 0.717) is 16.5 Å². The molecule has 3 N–H and O–H groups in total. The first-order valence-electron chi connectivity index (χ1n) is 6.13. The lowest BCUT2D eigenvalue weighted by Gasteiger charge is -2.29. The lowest BCUT2D eigenvalue weighted by Crippen LogP contribution is -2.42. The van der Waals surface area contributed by atoms with Crippen molar-refractivity contribution in [2.45, 2.75) is 13.0 Å². The first-order valence-corrected chi connectivity index (χ1v) is 6.50. The molecule has 1 fully saturated rings. The molecule has 0 amide bonds. The molecular formula is C12H19ClN4O. The monoisotopic (exact) mass is 270 g/mol. The number of anilines is 2. The molecule has 1 aromatic heterocycles. The van der Waals surface area contributed by atoms with Gasteiger partial charge in [-0.05, 0) is 13.0 Å². The third kappa shape index (κ3) is 3.73. The molecule has 5 nitrogen and oxygen atoms in total. The van der Waals surface area contributed by atoms with Gasteiger partial charge in [-0.2, -0.15) is 0 Å². The van der Waals surface area contributed by atoms with Crippen molar-refractivity contribution >= 4 is 23.1 Å². The molecule has 0 radical (unpaired) electrons. The van der Waals surface area contributed by atoms with Gasteiger partial charge in [0.25, 0.3) is 0 Å². The van der Waals surface area contributed by atoms with Crippen molar-refractivity contribution in [3.8, 4) is 0 Å². The zero-order valence-electron chi connectivity index (χ0n) is 10.5. The molecule has 1 unspecified atom stereocenters. The van der Waals surface area contributed by atoms with Crippen LogP contribution in [0.25, 0.3) is 0 Å². The van der Waals surface area contributed by atoms with Crippen LogP contribution in [0.5, 0.6) is 0 Å². The van der Waals surface area contributed by atoms with E-state index in [-0.39, 0.29) is 6.04 Å². The number of pyridine rings is 1. The van der Waals surface area contributed by atoms with E-state index in [0.717, 1.165) is 32.8 Å². The minimum Gasteiger partial charge on any atom is -0.397 e. The predicted octanol–water partition coefficient (Wildman–Crippen LogP) is 1.45. The Morgan fingerprint density at radius 3 is 2.94 bits per heavy atom. The molecule has 1 saturated heterocycles. The van der Waals surface area contributed by atoms with Gasteiger partial charge in [0, 0.05) is 25.7 Å². The van der Waals surface area contributed by atoms with Gasteiger partial charge in [-0.25, -0.2) is 4.98 Å². The van der Waals surface area contributed by atoms with Gasteiger partial charge in [-0.1, -0.05) is 11.6 Å². The van der Waals surface area contributed by atoms with Crippen LogP contribution in [0.3, 0.4) is 0 Å². The van der Waals surface area contributed by atoms with Crippen molar-refractivity contribution < 1.29 is 4.74 Å². The fourth-order valence-electron chi connectivity index (χ4n) is 2.01. The number of rotatable bonds is 4. The number of nitrogens with one attached hydrogen (secondary N) is 1. The van der Waals surface area contributed by atoms with Crippen molar-refractivity contribution in [2.75, 3.05) is 43.9 Å². The second kappa shape index (κ2) is 6.22. The van der Waals surface area contributed by atoms with Crippen LogP contribution in [-0.2, 0) is 4.74 Å². The molecule has 100 valence electrons. The molecule has 1 aliphatic heterocycles. The van der Waals surface area contributed by atoms with Crippen molar-refractivity contribution in [1.29, 1.82) is 0 Å². The highest BCUT2D eigenvalue weighted by molar-refractivity contribution is 6.33. The summed E-state index contributed by atoms with van der Waals surface area (Å²) >= 11 is 6.08. The standard InChI is InChI=1S/C12H19ClN4O/c1-9(8-17-2-4-18-5-3-17)16-12-11(13)6-10(14)7-15-12/h6-7,9H,2-5,8,14H2,1H3,(H,15,16). The van der Waals surface area contributed by atoms with Crippen LogP contribution in [0.2, 0.25) is 5.02 Å². The average Bonchev–Trinajstić information content (AvgIpc) is 2.34. The summed E-state index contributed by atoms with van der Waals surface area (Å²) < 4.78 is 5.32. The third-order valence-electron chi connectivity index (χ3n) is 2.88. The molecule has 6 heteroatoms. The van der Waals surface area contributed by atoms with E-state index in [4.69, 9.17) is 22.1 Å². The van der Waals surface area contributed by atoms with Crippen LogP contribution in [-0.4, -0.2) is 48.8 Å². The molecule has 1 aliphatic rings. The van der Waals surface area contributed by atoms with Gasteiger partial charge in [-0.3, -0.25) is 4.90 Å². The Labute approximate surface area is 112 Å². The summed E-state index contributed by atoms with van der Waals surface area (Å²) in [7, 11) is 0. The number of nitrogens with zero attached hydrogens (tertiary/aromatic N) is 2. The number of nitrogens with two attached hydrogens (primary N) is 1. The number of hydrogen-bond acceptors (Lipinski definition) is 5. The summed E-state index contributed by atoms with van der Waals surface area (Å²) in [5, 5.41) is 3.86. The quantitative estimate of drug-likeness (QED) is 0.867. The van der Waals surface area contributed by atoms with Crippen molar-refractivity contribution in [2.24, 2.45) is 0 Å². The van der Waals surface area contributed by atoms with Crippen LogP contribution in [0.4, 0.5) is 11.5 Å². The van der Waals surface area contributed by atoms with E-state index in [2.05, 4.69) is 22.1 Å². The topological polar surface area (TPSA) is 63.4 Å². The predicted molar refractivity (Wildman–Crippen MR) is 74.0 cm³/mol. The normalized spacial score (nSPS) is 18.6. The maximum absolute atomic E-state index is 6.08. The number of hydrogen-bond donors (Lipinski definition) is 2. The molecule has 0 aliphatic carbocycles. The summed E-state index contributed by atoms with van der Waals surface area (Å²) in [6.07, 6.45) is 1.61. The van der Waals surface area contributed by atoms with Gasteiger partial charge in [-0.15, -0.1) is 0 Å². The average molecular weight is 271 g/mol. The van der Waals surface area contributed by atoms with E-state index in [1.807, 2.05) is 0 Å². The SMILES string of the molecule is CC(CN1CCOCC1)Nc1ncc(N)cc1Cl. The van der Waals surface area contributed by atoms with Gasteiger partial charge in [0.1, 0.15) is 5.82 Å². The summed E-state index contributed by atoms with van der Waals surface area (Å²) in [6.45, 7) is 6.65. The van der Waals surface area contributed by atoms with E-state index >= 15 is 0 Å². The molecule has 0 spiro atoms. The van der Waals surface area contributed by atoms with Crippen molar-refractivity contribution in [1.82, 2.24) is 9.88 Å².